The van der Waals surface area contributed by atoms with Crippen LogP contribution >= 0.6 is 0 Å². The third kappa shape index (κ3) is 4.73. The number of pyridine rings is 1. The molecule has 2 aromatic heterocycles. The number of halogens is 3. The summed E-state index contributed by atoms with van der Waals surface area (Å²) in [4.78, 5) is 22.7. The largest absolute Gasteiger partial charge is 0.573 e. The number of aromatic amines is 1. The highest BCUT2D eigenvalue weighted by atomic mass is 19.4. The first-order chi connectivity index (χ1) is 15.9. The summed E-state index contributed by atoms with van der Waals surface area (Å²) in [6.45, 7) is 2.31. The minimum atomic E-state index is -4.79. The van der Waals surface area contributed by atoms with Gasteiger partial charge in [0.1, 0.15) is 5.75 Å². The van der Waals surface area contributed by atoms with Crippen molar-refractivity contribution in [2.75, 3.05) is 19.6 Å². The van der Waals surface area contributed by atoms with Gasteiger partial charge in [-0.15, -0.1) is 13.2 Å². The second-order valence-electron chi connectivity index (χ2n) is 8.51. The quantitative estimate of drug-likeness (QED) is 0.564. The highest BCUT2D eigenvalue weighted by Gasteiger charge is 2.56. The molecule has 6 nitrogen and oxygen atoms in total. The topological polar surface area (TPSA) is 70.2 Å². The van der Waals surface area contributed by atoms with Crippen LogP contribution in [-0.2, 0) is 0 Å². The van der Waals surface area contributed by atoms with E-state index in [0.717, 1.165) is 30.5 Å². The van der Waals surface area contributed by atoms with Crippen LogP contribution in [0, 0.1) is 17.8 Å². The Hall–Kier alpha value is -3.33. The summed E-state index contributed by atoms with van der Waals surface area (Å²) < 4.78 is 41.2. The van der Waals surface area contributed by atoms with E-state index in [-0.39, 0.29) is 11.6 Å². The van der Waals surface area contributed by atoms with Crippen LogP contribution in [0.3, 0.4) is 0 Å². The first kappa shape index (κ1) is 21.5. The molecule has 3 atom stereocenters. The normalized spacial score (nSPS) is 23.1. The molecule has 0 bridgehead atoms. The van der Waals surface area contributed by atoms with Gasteiger partial charge >= 0.3 is 6.36 Å². The highest BCUT2D eigenvalue weighted by molar-refractivity contribution is 5.94. The number of likely N-dealkylation sites (tertiary alicyclic amines) is 1. The van der Waals surface area contributed by atoms with Gasteiger partial charge in [0.15, 0.2) is 0 Å². The molecule has 2 N–H and O–H groups in total. The molecule has 1 saturated carbocycles. The average molecular weight is 456 g/mol. The third-order valence-corrected chi connectivity index (χ3v) is 6.48. The van der Waals surface area contributed by atoms with E-state index in [9.17, 15) is 18.0 Å². The van der Waals surface area contributed by atoms with Crippen molar-refractivity contribution in [3.63, 3.8) is 0 Å². The van der Waals surface area contributed by atoms with Crippen molar-refractivity contribution in [3.8, 4) is 5.75 Å². The summed E-state index contributed by atoms with van der Waals surface area (Å²) in [5.41, 5.74) is 2.24. The van der Waals surface area contributed by atoms with Crippen LogP contribution in [0.1, 0.15) is 27.8 Å². The second kappa shape index (κ2) is 8.55. The second-order valence-corrected chi connectivity index (χ2v) is 8.51. The molecule has 9 heteroatoms. The number of alkyl halides is 3. The third-order valence-electron chi connectivity index (χ3n) is 6.48. The molecule has 1 saturated heterocycles. The maximum absolute atomic E-state index is 12.5. The first-order valence-electron chi connectivity index (χ1n) is 10.8. The van der Waals surface area contributed by atoms with Gasteiger partial charge in [-0.3, -0.25) is 14.7 Å². The van der Waals surface area contributed by atoms with Gasteiger partial charge < -0.3 is 15.0 Å². The van der Waals surface area contributed by atoms with Crippen LogP contribution < -0.4 is 10.1 Å². The van der Waals surface area contributed by atoms with E-state index in [2.05, 4.69) is 31.0 Å². The van der Waals surface area contributed by atoms with Crippen LogP contribution in [0.4, 0.5) is 13.2 Å². The standard InChI is InChI=1S/C24H23F3N4O2/c25-24(26,27)33-16-6-3-5-15(11-16)23(32)30-12-17-18-13-31(14-19(17)18)22(21-8-4-10-29-21)20-7-1-2-9-28-20/h1-11,17-19,22,29H,12-14H2,(H,30,32). The molecular weight excluding hydrogens is 433 g/mol. The number of ether oxygens (including phenoxy) is 1. The number of amides is 1. The SMILES string of the molecule is O=C(NCC1C2CN(C(c3ccccn3)c3ccc[nH]3)CC12)c1cccc(OC(F)(F)F)c1. The maximum atomic E-state index is 12.5. The molecule has 3 aromatic rings. The number of carbonyl (C=O) groups is 1. The van der Waals surface area contributed by atoms with Gasteiger partial charge in [-0.1, -0.05) is 12.1 Å². The molecule has 33 heavy (non-hydrogen) atoms. The Morgan fingerprint density at radius 1 is 1.15 bits per heavy atom. The fourth-order valence-corrected chi connectivity index (χ4v) is 4.94. The van der Waals surface area contributed by atoms with Crippen molar-refractivity contribution >= 4 is 5.91 Å². The zero-order valence-electron chi connectivity index (χ0n) is 17.6. The van der Waals surface area contributed by atoms with Crippen molar-refractivity contribution < 1.29 is 22.7 Å². The number of carbonyl (C=O) groups excluding carboxylic acids is 1. The fraction of sp³-hybridized carbons (Fsp3) is 0.333. The number of nitrogens with zero attached hydrogens (tertiary/aromatic N) is 2. The Kier molecular flexibility index (Phi) is 5.57. The number of fused-ring (bicyclic) bond motifs is 1. The van der Waals surface area contributed by atoms with Gasteiger partial charge in [0.05, 0.1) is 11.7 Å². The fourth-order valence-electron chi connectivity index (χ4n) is 4.94. The molecule has 5 rings (SSSR count). The van der Waals surface area contributed by atoms with E-state index in [4.69, 9.17) is 0 Å². The van der Waals surface area contributed by atoms with Crippen molar-refractivity contribution in [2.24, 2.45) is 17.8 Å². The van der Waals surface area contributed by atoms with E-state index >= 15 is 0 Å². The number of piperidine rings is 1. The molecule has 3 unspecified atom stereocenters. The van der Waals surface area contributed by atoms with E-state index in [1.54, 1.807) is 6.20 Å². The molecule has 3 heterocycles. The molecule has 1 aliphatic carbocycles. The van der Waals surface area contributed by atoms with Crippen molar-refractivity contribution in [3.05, 3.63) is 83.9 Å². The lowest BCUT2D eigenvalue weighted by molar-refractivity contribution is -0.274. The summed E-state index contributed by atoms with van der Waals surface area (Å²) in [6, 6.07) is 15.2. The van der Waals surface area contributed by atoms with Gasteiger partial charge in [-0.25, -0.2) is 0 Å². The zero-order chi connectivity index (χ0) is 23.0. The van der Waals surface area contributed by atoms with Crippen LogP contribution in [0.15, 0.2) is 67.0 Å². The predicted octanol–water partition coefficient (Wildman–Crippen LogP) is 4.01. The molecule has 1 aromatic carbocycles. The van der Waals surface area contributed by atoms with Crippen LogP contribution in [0.5, 0.6) is 5.75 Å². The lowest BCUT2D eigenvalue weighted by Crippen LogP contribution is -2.33. The summed E-state index contributed by atoms with van der Waals surface area (Å²) in [5, 5.41) is 2.87. The lowest BCUT2D eigenvalue weighted by atomic mass is 10.1. The zero-order valence-corrected chi connectivity index (χ0v) is 17.6. The number of hydrogen-bond acceptors (Lipinski definition) is 4. The van der Waals surface area contributed by atoms with E-state index in [1.165, 1.54) is 18.2 Å². The maximum Gasteiger partial charge on any atom is 0.573 e. The van der Waals surface area contributed by atoms with Gasteiger partial charge in [0.2, 0.25) is 0 Å². The van der Waals surface area contributed by atoms with Crippen molar-refractivity contribution in [1.29, 1.82) is 0 Å². The Morgan fingerprint density at radius 2 is 1.97 bits per heavy atom. The monoisotopic (exact) mass is 456 g/mol. The van der Waals surface area contributed by atoms with E-state index < -0.39 is 18.0 Å². The number of nitrogens with one attached hydrogen (secondary N) is 2. The number of rotatable bonds is 7. The highest BCUT2D eigenvalue weighted by Crippen LogP contribution is 2.53. The summed E-state index contributed by atoms with van der Waals surface area (Å²) in [6.07, 6.45) is -1.08. The number of benzene rings is 1. The summed E-state index contributed by atoms with van der Waals surface area (Å²) >= 11 is 0. The smallest absolute Gasteiger partial charge is 0.406 e. The molecule has 2 aliphatic rings. The first-order valence-corrected chi connectivity index (χ1v) is 10.8. The molecule has 0 radical (unpaired) electrons. The number of H-pyrrole nitrogens is 1. The summed E-state index contributed by atoms with van der Waals surface area (Å²) in [7, 11) is 0. The molecule has 1 amide bonds. The Bertz CT molecular complexity index is 1090. The lowest BCUT2D eigenvalue weighted by Gasteiger charge is -2.29. The van der Waals surface area contributed by atoms with Crippen LogP contribution in [-0.4, -0.2) is 46.8 Å². The number of hydrogen-bond donors (Lipinski definition) is 2. The van der Waals surface area contributed by atoms with Crippen molar-refractivity contribution in [2.45, 2.75) is 12.4 Å². The van der Waals surface area contributed by atoms with Gasteiger partial charge in [0.25, 0.3) is 5.91 Å². The van der Waals surface area contributed by atoms with Crippen LogP contribution in [0.25, 0.3) is 0 Å². The molecule has 1 aliphatic heterocycles. The Morgan fingerprint density at radius 3 is 2.64 bits per heavy atom. The predicted molar refractivity (Wildman–Crippen MR) is 114 cm³/mol. The number of aromatic nitrogens is 2. The van der Waals surface area contributed by atoms with Gasteiger partial charge in [-0.05, 0) is 60.2 Å². The molecule has 0 spiro atoms. The van der Waals surface area contributed by atoms with E-state index in [1.807, 2.05) is 30.5 Å². The molecule has 172 valence electrons. The average Bonchev–Trinajstić information content (AvgIpc) is 3.17. The minimum Gasteiger partial charge on any atom is -0.406 e. The minimum absolute atomic E-state index is 0.0561. The van der Waals surface area contributed by atoms with Gasteiger partial charge in [0, 0.05) is 43.3 Å². The molecule has 2 fully saturated rings. The van der Waals surface area contributed by atoms with E-state index in [0.29, 0.717) is 24.3 Å². The Balaban J connectivity index is 1.17. The molecular formula is C24H23F3N4O2. The van der Waals surface area contributed by atoms with Gasteiger partial charge in [-0.2, -0.15) is 0 Å². The summed E-state index contributed by atoms with van der Waals surface area (Å²) in [5.74, 6) is 0.520. The van der Waals surface area contributed by atoms with Crippen molar-refractivity contribution in [1.82, 2.24) is 20.2 Å². The van der Waals surface area contributed by atoms with Crippen LogP contribution in [0.2, 0.25) is 0 Å². The Labute approximate surface area is 188 Å².